The first-order chi connectivity index (χ1) is 6.79. The molecule has 7 heteroatoms. The second-order valence-electron chi connectivity index (χ2n) is 3.30. The molecule has 1 aliphatic heterocycles. The highest BCUT2D eigenvalue weighted by molar-refractivity contribution is 5.85. The number of nitrogens with zero attached hydrogens (tertiary/aromatic N) is 3. The molecule has 0 spiro atoms. The highest BCUT2D eigenvalue weighted by Crippen LogP contribution is 2.27. The summed E-state index contributed by atoms with van der Waals surface area (Å²) in [5.74, 6) is 0.509. The van der Waals surface area contributed by atoms with Crippen molar-refractivity contribution in [3.05, 3.63) is 28.4 Å². The lowest BCUT2D eigenvalue weighted by Crippen LogP contribution is -2.20. The van der Waals surface area contributed by atoms with Crippen molar-refractivity contribution in [2.45, 2.75) is 12.8 Å². The van der Waals surface area contributed by atoms with Gasteiger partial charge in [-0.15, -0.1) is 24.8 Å². The lowest BCUT2D eigenvalue weighted by atomic mass is 10.3. The SMILES string of the molecule is Cl.Cl.O=[N+]([O-])c1cccnc1N1CCCC1. The van der Waals surface area contributed by atoms with E-state index in [2.05, 4.69) is 4.98 Å². The van der Waals surface area contributed by atoms with Crippen molar-refractivity contribution in [2.24, 2.45) is 0 Å². The molecule has 0 atom stereocenters. The lowest BCUT2D eigenvalue weighted by molar-refractivity contribution is -0.384. The average Bonchev–Trinajstić information content (AvgIpc) is 2.70. The Kier molecular flexibility index (Phi) is 6.06. The van der Waals surface area contributed by atoms with Gasteiger partial charge >= 0.3 is 5.69 Å². The second kappa shape index (κ2) is 6.50. The predicted octanol–water partition coefficient (Wildman–Crippen LogP) is 2.43. The zero-order valence-corrected chi connectivity index (χ0v) is 10.2. The quantitative estimate of drug-likeness (QED) is 0.609. The molecule has 0 saturated carbocycles. The van der Waals surface area contributed by atoms with E-state index in [1.165, 1.54) is 6.07 Å². The lowest BCUT2D eigenvalue weighted by Gasteiger charge is -2.15. The van der Waals surface area contributed by atoms with Crippen molar-refractivity contribution < 1.29 is 4.92 Å². The van der Waals surface area contributed by atoms with Crippen LogP contribution in [0.1, 0.15) is 12.8 Å². The Labute approximate surface area is 106 Å². The van der Waals surface area contributed by atoms with Crippen molar-refractivity contribution in [1.29, 1.82) is 0 Å². The maximum atomic E-state index is 10.7. The van der Waals surface area contributed by atoms with E-state index in [0.717, 1.165) is 25.9 Å². The maximum absolute atomic E-state index is 10.7. The molecule has 0 unspecified atom stereocenters. The largest absolute Gasteiger partial charge is 0.351 e. The van der Waals surface area contributed by atoms with Crippen LogP contribution in [0, 0.1) is 10.1 Å². The topological polar surface area (TPSA) is 59.3 Å². The number of hydrogen-bond acceptors (Lipinski definition) is 4. The minimum Gasteiger partial charge on any atom is -0.351 e. The van der Waals surface area contributed by atoms with Crippen molar-refractivity contribution in [3.63, 3.8) is 0 Å². The van der Waals surface area contributed by atoms with Crippen LogP contribution in [-0.4, -0.2) is 23.0 Å². The van der Waals surface area contributed by atoms with Crippen LogP contribution in [0.5, 0.6) is 0 Å². The summed E-state index contributed by atoms with van der Waals surface area (Å²) in [5, 5.41) is 10.7. The van der Waals surface area contributed by atoms with E-state index >= 15 is 0 Å². The molecule has 16 heavy (non-hydrogen) atoms. The third kappa shape index (κ3) is 2.96. The second-order valence-corrected chi connectivity index (χ2v) is 3.30. The first kappa shape index (κ1) is 14.9. The van der Waals surface area contributed by atoms with E-state index < -0.39 is 0 Å². The first-order valence-electron chi connectivity index (χ1n) is 4.63. The Morgan fingerprint density at radius 2 is 1.94 bits per heavy atom. The highest BCUT2D eigenvalue weighted by Gasteiger charge is 2.22. The van der Waals surface area contributed by atoms with Gasteiger partial charge in [-0.3, -0.25) is 10.1 Å². The maximum Gasteiger partial charge on any atom is 0.311 e. The van der Waals surface area contributed by atoms with Crippen LogP contribution in [0.3, 0.4) is 0 Å². The molecule has 0 N–H and O–H groups in total. The van der Waals surface area contributed by atoms with E-state index in [1.807, 2.05) is 4.90 Å². The highest BCUT2D eigenvalue weighted by atomic mass is 35.5. The number of nitro groups is 1. The summed E-state index contributed by atoms with van der Waals surface area (Å²) in [5.41, 5.74) is 0.106. The van der Waals surface area contributed by atoms with Crippen molar-refractivity contribution in [2.75, 3.05) is 18.0 Å². The third-order valence-electron chi connectivity index (χ3n) is 2.37. The Bertz CT molecular complexity index is 356. The fourth-order valence-corrected chi connectivity index (χ4v) is 1.70. The van der Waals surface area contributed by atoms with Gasteiger partial charge < -0.3 is 4.90 Å². The van der Waals surface area contributed by atoms with Gasteiger partial charge in [-0.1, -0.05) is 0 Å². The van der Waals surface area contributed by atoms with Crippen molar-refractivity contribution in [1.82, 2.24) is 4.98 Å². The van der Waals surface area contributed by atoms with Crippen molar-refractivity contribution in [3.8, 4) is 0 Å². The molecule has 90 valence electrons. The van der Waals surface area contributed by atoms with E-state index in [4.69, 9.17) is 0 Å². The molecule has 1 saturated heterocycles. The average molecular weight is 266 g/mol. The number of hydrogen-bond donors (Lipinski definition) is 0. The van der Waals surface area contributed by atoms with Gasteiger partial charge in [0.05, 0.1) is 4.92 Å². The number of aromatic nitrogens is 1. The Morgan fingerprint density at radius 1 is 1.31 bits per heavy atom. The van der Waals surface area contributed by atoms with Crippen LogP contribution in [0.25, 0.3) is 0 Å². The van der Waals surface area contributed by atoms with E-state index in [0.29, 0.717) is 5.82 Å². The van der Waals surface area contributed by atoms with Gasteiger partial charge in [0.15, 0.2) is 0 Å². The van der Waals surface area contributed by atoms with Crippen LogP contribution < -0.4 is 4.90 Å². The molecule has 1 aliphatic rings. The van der Waals surface area contributed by atoms with Gasteiger partial charge in [-0.2, -0.15) is 0 Å². The predicted molar refractivity (Wildman–Crippen MR) is 66.8 cm³/mol. The minimum absolute atomic E-state index is 0. The molecule has 1 aromatic heterocycles. The number of rotatable bonds is 2. The number of pyridine rings is 1. The Hall–Kier alpha value is -1.07. The summed E-state index contributed by atoms with van der Waals surface area (Å²) in [4.78, 5) is 16.4. The van der Waals surface area contributed by atoms with Gasteiger partial charge in [-0.05, 0) is 18.9 Å². The summed E-state index contributed by atoms with van der Waals surface area (Å²) >= 11 is 0. The van der Waals surface area contributed by atoms with E-state index in [-0.39, 0.29) is 35.4 Å². The normalized spacial score (nSPS) is 13.9. The fraction of sp³-hybridized carbons (Fsp3) is 0.444. The van der Waals surface area contributed by atoms with Crippen LogP contribution >= 0.6 is 24.8 Å². The van der Waals surface area contributed by atoms with Gasteiger partial charge in [0, 0.05) is 25.4 Å². The minimum atomic E-state index is -0.374. The molecular weight excluding hydrogens is 253 g/mol. The fourth-order valence-electron chi connectivity index (χ4n) is 1.70. The molecule has 1 aromatic rings. The van der Waals surface area contributed by atoms with Crippen LogP contribution in [0.15, 0.2) is 18.3 Å². The molecule has 2 rings (SSSR count). The van der Waals surface area contributed by atoms with Gasteiger partial charge in [0.25, 0.3) is 0 Å². The molecule has 0 aliphatic carbocycles. The van der Waals surface area contributed by atoms with Crippen molar-refractivity contribution >= 4 is 36.3 Å². The summed E-state index contributed by atoms with van der Waals surface area (Å²) < 4.78 is 0. The standard InChI is InChI=1S/C9H11N3O2.2ClH/c13-12(14)8-4-3-5-10-9(8)11-6-1-2-7-11;;/h3-5H,1-2,6-7H2;2*1H. The molecule has 2 heterocycles. The van der Waals surface area contributed by atoms with Gasteiger partial charge in [0.1, 0.15) is 0 Å². The molecule has 0 amide bonds. The molecule has 5 nitrogen and oxygen atoms in total. The Balaban J connectivity index is 0.00000112. The Morgan fingerprint density at radius 3 is 2.50 bits per heavy atom. The first-order valence-corrected chi connectivity index (χ1v) is 4.63. The number of halogens is 2. The van der Waals surface area contributed by atoms with E-state index in [1.54, 1.807) is 12.3 Å². The zero-order chi connectivity index (χ0) is 9.97. The number of anilines is 1. The summed E-state index contributed by atoms with van der Waals surface area (Å²) in [7, 11) is 0. The monoisotopic (exact) mass is 265 g/mol. The third-order valence-corrected chi connectivity index (χ3v) is 2.37. The summed E-state index contributed by atoms with van der Waals surface area (Å²) in [6.45, 7) is 1.75. The zero-order valence-electron chi connectivity index (χ0n) is 8.54. The van der Waals surface area contributed by atoms with Crippen LogP contribution in [0.4, 0.5) is 11.5 Å². The smallest absolute Gasteiger partial charge is 0.311 e. The van der Waals surface area contributed by atoms with E-state index in [9.17, 15) is 10.1 Å². The molecule has 0 bridgehead atoms. The van der Waals surface area contributed by atoms with Gasteiger partial charge in [-0.25, -0.2) is 4.98 Å². The molecule has 0 aromatic carbocycles. The van der Waals surface area contributed by atoms with Crippen LogP contribution in [-0.2, 0) is 0 Å². The van der Waals surface area contributed by atoms with Crippen LogP contribution in [0.2, 0.25) is 0 Å². The molecule has 0 radical (unpaired) electrons. The summed E-state index contributed by atoms with van der Waals surface area (Å²) in [6.07, 6.45) is 3.78. The molecular formula is C9H13Cl2N3O2. The summed E-state index contributed by atoms with van der Waals surface area (Å²) in [6, 6.07) is 3.10. The van der Waals surface area contributed by atoms with Gasteiger partial charge in [0.2, 0.25) is 5.82 Å². The molecule has 1 fully saturated rings.